The average Bonchev–Trinajstić information content (AvgIpc) is 2.14. The SMILES string of the molecule is CCC(Br)(CC)C(=O)NC(N)=O.N.N.O=[PH](O)O. The smallest absolute Gasteiger partial charge is 0.318 e. The van der Waals surface area contributed by atoms with Gasteiger partial charge in [-0.25, -0.2) is 4.79 Å². The van der Waals surface area contributed by atoms with Crippen LogP contribution >= 0.6 is 24.2 Å². The highest BCUT2D eigenvalue weighted by molar-refractivity contribution is 9.10. The van der Waals surface area contributed by atoms with Gasteiger partial charge in [0.25, 0.3) is 0 Å². The number of imide groups is 1. The van der Waals surface area contributed by atoms with Gasteiger partial charge in [0.05, 0.1) is 0 Å². The van der Waals surface area contributed by atoms with E-state index in [2.05, 4.69) is 15.9 Å². The molecule has 0 radical (unpaired) electrons. The fourth-order valence-corrected chi connectivity index (χ4v) is 0.894. The molecule has 112 valence electrons. The lowest BCUT2D eigenvalue weighted by Gasteiger charge is -2.21. The number of nitrogens with one attached hydrogen (secondary N) is 1. The quantitative estimate of drug-likeness (QED) is 0.318. The minimum Gasteiger partial charge on any atom is -0.351 e. The predicted octanol–water partition coefficient (Wildman–Crippen LogP) is 0.820. The largest absolute Gasteiger partial charge is 0.351 e. The van der Waals surface area contributed by atoms with Gasteiger partial charge in [0.2, 0.25) is 5.91 Å². The Balaban J connectivity index is -0.000000143. The molecule has 9 nitrogen and oxygen atoms in total. The molecule has 0 atom stereocenters. The zero-order chi connectivity index (χ0) is 13.4. The van der Waals surface area contributed by atoms with E-state index in [4.69, 9.17) is 20.1 Å². The van der Waals surface area contributed by atoms with Crippen LogP contribution in [-0.4, -0.2) is 26.0 Å². The molecule has 0 rings (SSSR count). The van der Waals surface area contributed by atoms with E-state index in [1.165, 1.54) is 0 Å². The maximum absolute atomic E-state index is 11.3. The minimum absolute atomic E-state index is 0. The first-order valence-corrected chi connectivity index (χ1v) is 6.50. The second-order valence-corrected chi connectivity index (χ2v) is 4.86. The Morgan fingerprint density at radius 1 is 1.28 bits per heavy atom. The van der Waals surface area contributed by atoms with Crippen molar-refractivity contribution in [1.29, 1.82) is 0 Å². The van der Waals surface area contributed by atoms with E-state index < -0.39 is 18.6 Å². The van der Waals surface area contributed by atoms with Gasteiger partial charge in [-0.05, 0) is 12.8 Å². The third-order valence-electron chi connectivity index (χ3n) is 1.76. The molecular weight excluding hydrogens is 331 g/mol. The number of alkyl halides is 1. The number of primary amides is 1. The van der Waals surface area contributed by atoms with Crippen LogP contribution in [0.2, 0.25) is 0 Å². The molecular formula is C7H22BrN4O5P. The first-order valence-electron chi connectivity index (χ1n) is 4.41. The highest BCUT2D eigenvalue weighted by Crippen LogP contribution is 2.26. The highest BCUT2D eigenvalue weighted by atomic mass is 79.9. The lowest BCUT2D eigenvalue weighted by molar-refractivity contribution is -0.122. The van der Waals surface area contributed by atoms with Crippen molar-refractivity contribution >= 4 is 36.1 Å². The van der Waals surface area contributed by atoms with Gasteiger partial charge in [0, 0.05) is 0 Å². The Kier molecular flexibility index (Phi) is 18.8. The van der Waals surface area contributed by atoms with E-state index in [9.17, 15) is 9.59 Å². The summed E-state index contributed by atoms with van der Waals surface area (Å²) in [5.74, 6) is -0.375. The summed E-state index contributed by atoms with van der Waals surface area (Å²) in [5, 5.41) is 2.04. The van der Waals surface area contributed by atoms with E-state index in [0.717, 1.165) is 0 Å². The third-order valence-corrected chi connectivity index (χ3v) is 3.25. The standard InChI is InChI=1S/C7H13BrN2O2.2H3N.H3O3P/c1-3-7(8,4-2)5(11)10-6(9)12;;;1-4(2)3/h3-4H2,1-2H3,(H3,9,10,11,12);2*1H3;4H,(H2,1,2,3). The summed E-state index contributed by atoms with van der Waals surface area (Å²) in [6.45, 7) is 3.72. The zero-order valence-corrected chi connectivity index (χ0v) is 13.0. The van der Waals surface area contributed by atoms with Crippen LogP contribution in [0, 0.1) is 0 Å². The van der Waals surface area contributed by atoms with Gasteiger partial charge in [-0.2, -0.15) is 0 Å². The Bertz CT molecular complexity index is 271. The lowest BCUT2D eigenvalue weighted by Crippen LogP contribution is -2.46. The summed E-state index contributed by atoms with van der Waals surface area (Å²) in [6, 6.07) is -0.814. The second-order valence-electron chi connectivity index (χ2n) is 2.77. The lowest BCUT2D eigenvalue weighted by atomic mass is 10.0. The van der Waals surface area contributed by atoms with Crippen LogP contribution in [0.15, 0.2) is 0 Å². The molecule has 0 bridgehead atoms. The summed E-state index contributed by atoms with van der Waals surface area (Å²) < 4.78 is 8.08. The van der Waals surface area contributed by atoms with Gasteiger partial charge in [0.1, 0.15) is 4.32 Å². The van der Waals surface area contributed by atoms with Crippen LogP contribution in [0.5, 0.6) is 0 Å². The van der Waals surface area contributed by atoms with Crippen molar-refractivity contribution in [2.24, 2.45) is 5.73 Å². The number of halogens is 1. The van der Waals surface area contributed by atoms with Gasteiger partial charge in [-0.15, -0.1) is 0 Å². The summed E-state index contributed by atoms with van der Waals surface area (Å²) in [4.78, 5) is 36.0. The number of nitrogens with two attached hydrogens (primary N) is 1. The number of carbonyl (C=O) groups is 2. The molecule has 3 amide bonds. The maximum Gasteiger partial charge on any atom is 0.318 e. The number of urea groups is 1. The molecule has 0 heterocycles. The normalized spacial score (nSPS) is 9.22. The Morgan fingerprint density at radius 2 is 1.56 bits per heavy atom. The van der Waals surface area contributed by atoms with Crippen LogP contribution in [0.1, 0.15) is 26.7 Å². The Morgan fingerprint density at radius 3 is 1.72 bits per heavy atom. The van der Waals surface area contributed by atoms with Crippen LogP contribution in [0.3, 0.4) is 0 Å². The van der Waals surface area contributed by atoms with E-state index in [0.29, 0.717) is 12.8 Å². The molecule has 0 aliphatic rings. The second kappa shape index (κ2) is 12.9. The molecule has 11 N–H and O–H groups in total. The van der Waals surface area contributed by atoms with Crippen molar-refractivity contribution in [2.75, 3.05) is 0 Å². The van der Waals surface area contributed by atoms with Gasteiger partial charge in [-0.1, -0.05) is 29.8 Å². The van der Waals surface area contributed by atoms with Crippen LogP contribution in [0.25, 0.3) is 0 Å². The molecule has 0 saturated heterocycles. The fraction of sp³-hybridized carbons (Fsp3) is 0.714. The van der Waals surface area contributed by atoms with Crippen molar-refractivity contribution in [2.45, 2.75) is 31.0 Å². The first-order chi connectivity index (χ1) is 7.19. The van der Waals surface area contributed by atoms with Crippen molar-refractivity contribution in [1.82, 2.24) is 17.6 Å². The van der Waals surface area contributed by atoms with Crippen LogP contribution in [-0.2, 0) is 9.36 Å². The van der Waals surface area contributed by atoms with E-state index in [1.54, 1.807) is 0 Å². The molecule has 18 heavy (non-hydrogen) atoms. The maximum atomic E-state index is 11.3. The highest BCUT2D eigenvalue weighted by Gasteiger charge is 2.32. The number of amides is 3. The van der Waals surface area contributed by atoms with Crippen molar-refractivity contribution in [3.05, 3.63) is 0 Å². The van der Waals surface area contributed by atoms with E-state index in [-0.39, 0.29) is 18.2 Å². The molecule has 0 aromatic heterocycles. The first kappa shape index (κ1) is 26.1. The van der Waals surface area contributed by atoms with E-state index in [1.807, 2.05) is 19.2 Å². The number of hydrogen-bond acceptors (Lipinski definition) is 5. The average molecular weight is 353 g/mol. The summed E-state index contributed by atoms with van der Waals surface area (Å²) >= 11 is 3.26. The molecule has 0 unspecified atom stereocenters. The van der Waals surface area contributed by atoms with Crippen molar-refractivity contribution in [3.8, 4) is 0 Å². The molecule has 0 aromatic rings. The fourth-order valence-electron chi connectivity index (χ4n) is 0.795. The number of hydrogen-bond donors (Lipinski definition) is 6. The number of rotatable bonds is 3. The minimum atomic E-state index is -3.13. The predicted molar refractivity (Wildman–Crippen MR) is 73.4 cm³/mol. The Hall–Kier alpha value is -0.510. The topological polar surface area (TPSA) is 200 Å². The zero-order valence-electron chi connectivity index (χ0n) is 10.4. The monoisotopic (exact) mass is 352 g/mol. The van der Waals surface area contributed by atoms with Gasteiger partial charge in [0.15, 0.2) is 0 Å². The molecule has 0 aliphatic carbocycles. The van der Waals surface area contributed by atoms with Crippen molar-refractivity contribution in [3.63, 3.8) is 0 Å². The molecule has 0 aromatic carbocycles. The van der Waals surface area contributed by atoms with Crippen LogP contribution < -0.4 is 23.4 Å². The molecule has 0 spiro atoms. The van der Waals surface area contributed by atoms with Gasteiger partial charge < -0.3 is 27.8 Å². The van der Waals surface area contributed by atoms with Gasteiger partial charge >= 0.3 is 14.3 Å². The van der Waals surface area contributed by atoms with Crippen LogP contribution in [0.4, 0.5) is 4.79 Å². The van der Waals surface area contributed by atoms with E-state index >= 15 is 0 Å². The molecule has 0 saturated carbocycles. The third kappa shape index (κ3) is 13.6. The van der Waals surface area contributed by atoms with Crippen molar-refractivity contribution < 1.29 is 23.9 Å². The summed E-state index contributed by atoms with van der Waals surface area (Å²) in [5.41, 5.74) is 4.81. The molecule has 0 aliphatic heterocycles. The summed E-state index contributed by atoms with van der Waals surface area (Å²) in [7, 11) is -3.13. The number of carbonyl (C=O) groups excluding carboxylic acids is 2. The molecule has 0 fully saturated rings. The Labute approximate surface area is 115 Å². The molecule has 11 heteroatoms. The summed E-state index contributed by atoms with van der Waals surface area (Å²) in [6.07, 6.45) is 1.23. The van der Waals surface area contributed by atoms with Gasteiger partial charge in [-0.3, -0.25) is 14.7 Å².